The van der Waals surface area contributed by atoms with Gasteiger partial charge in [0.25, 0.3) is 0 Å². The number of carbonyl (C=O) groups excluding carboxylic acids is 1. The second-order valence-corrected chi connectivity index (χ2v) is 8.62. The summed E-state index contributed by atoms with van der Waals surface area (Å²) in [5.74, 6) is 0.0282. The van der Waals surface area contributed by atoms with E-state index in [0.29, 0.717) is 19.0 Å². The van der Waals surface area contributed by atoms with Crippen molar-refractivity contribution in [1.29, 1.82) is 0 Å². The first-order chi connectivity index (χ1) is 16.3. The van der Waals surface area contributed by atoms with Crippen LogP contribution in [-0.2, 0) is 11.3 Å². The predicted octanol–water partition coefficient (Wildman–Crippen LogP) is 5.49. The molecular formula is C26H33FN4O3. The highest BCUT2D eigenvalue weighted by atomic mass is 19.1. The summed E-state index contributed by atoms with van der Waals surface area (Å²) >= 11 is 0. The lowest BCUT2D eigenvalue weighted by Gasteiger charge is -2.25. The summed E-state index contributed by atoms with van der Waals surface area (Å²) in [6, 6.07) is 15.5. The fourth-order valence-corrected chi connectivity index (χ4v) is 3.53. The number of aromatic nitrogens is 2. The zero-order chi connectivity index (χ0) is 24.7. The van der Waals surface area contributed by atoms with E-state index in [1.807, 2.05) is 58.0 Å². The van der Waals surface area contributed by atoms with Gasteiger partial charge < -0.3 is 19.7 Å². The van der Waals surface area contributed by atoms with Gasteiger partial charge in [0.2, 0.25) is 5.88 Å². The third-order valence-corrected chi connectivity index (χ3v) is 5.17. The fourth-order valence-electron chi connectivity index (χ4n) is 3.53. The Labute approximate surface area is 200 Å². The van der Waals surface area contributed by atoms with Gasteiger partial charge >= 0.3 is 6.03 Å². The molecule has 0 aliphatic carbocycles. The number of benzene rings is 2. The van der Waals surface area contributed by atoms with E-state index in [1.54, 1.807) is 34.9 Å². The van der Waals surface area contributed by atoms with E-state index in [4.69, 9.17) is 14.6 Å². The third-order valence-electron chi connectivity index (χ3n) is 5.17. The van der Waals surface area contributed by atoms with E-state index >= 15 is 0 Å². The molecule has 1 heterocycles. The second-order valence-electron chi connectivity index (χ2n) is 8.62. The number of halogens is 1. The number of rotatable bonds is 10. The van der Waals surface area contributed by atoms with Crippen LogP contribution in [0, 0.1) is 5.82 Å². The van der Waals surface area contributed by atoms with Crippen LogP contribution in [0.3, 0.4) is 0 Å². The predicted molar refractivity (Wildman–Crippen MR) is 130 cm³/mol. The SMILES string of the molecule is COCCN(Cc1c(C(C)C)nn(-c2ccccc2)c1Oc1ccccc1F)C(=O)NC(C)C. The van der Waals surface area contributed by atoms with Gasteiger partial charge in [-0.1, -0.05) is 44.2 Å². The fraction of sp³-hybridized carbons (Fsp3) is 0.385. The lowest BCUT2D eigenvalue weighted by molar-refractivity contribution is 0.145. The average Bonchev–Trinajstić information content (AvgIpc) is 3.16. The van der Waals surface area contributed by atoms with E-state index < -0.39 is 5.82 Å². The topological polar surface area (TPSA) is 68.6 Å². The van der Waals surface area contributed by atoms with Crippen LogP contribution in [0.4, 0.5) is 9.18 Å². The van der Waals surface area contributed by atoms with E-state index in [1.165, 1.54) is 6.07 Å². The van der Waals surface area contributed by atoms with Gasteiger partial charge in [-0.05, 0) is 44.0 Å². The van der Waals surface area contributed by atoms with E-state index in [2.05, 4.69) is 5.32 Å². The summed E-state index contributed by atoms with van der Waals surface area (Å²) < 4.78 is 27.6. The van der Waals surface area contributed by atoms with Crippen molar-refractivity contribution in [1.82, 2.24) is 20.0 Å². The molecule has 0 aliphatic rings. The first kappa shape index (κ1) is 25.2. The number of hydrogen-bond donors (Lipinski definition) is 1. The quantitative estimate of drug-likeness (QED) is 0.427. The molecule has 0 radical (unpaired) electrons. The number of amides is 2. The summed E-state index contributed by atoms with van der Waals surface area (Å²) in [6.07, 6.45) is 0. The van der Waals surface area contributed by atoms with Crippen LogP contribution < -0.4 is 10.1 Å². The van der Waals surface area contributed by atoms with Crippen LogP contribution in [0.25, 0.3) is 5.69 Å². The maximum atomic E-state index is 14.6. The normalized spacial score (nSPS) is 11.2. The van der Waals surface area contributed by atoms with Crippen molar-refractivity contribution in [3.05, 3.63) is 71.7 Å². The van der Waals surface area contributed by atoms with Gasteiger partial charge in [-0.2, -0.15) is 5.10 Å². The number of nitrogens with one attached hydrogen (secondary N) is 1. The van der Waals surface area contributed by atoms with Gasteiger partial charge in [-0.15, -0.1) is 0 Å². The molecule has 0 saturated carbocycles. The van der Waals surface area contributed by atoms with E-state index in [9.17, 15) is 9.18 Å². The monoisotopic (exact) mass is 468 g/mol. The van der Waals surface area contributed by atoms with Crippen LogP contribution in [0.1, 0.15) is 44.9 Å². The highest BCUT2D eigenvalue weighted by Crippen LogP contribution is 2.35. The standard InChI is InChI=1S/C26H33FN4O3/c1-18(2)24-21(17-30(15-16-33-5)26(32)28-19(3)4)25(34-23-14-10-9-13-22(23)27)31(29-24)20-11-7-6-8-12-20/h6-14,18-19H,15-17H2,1-5H3,(H,28,32). The molecule has 34 heavy (non-hydrogen) atoms. The van der Waals surface area contributed by atoms with Crippen molar-refractivity contribution in [3.63, 3.8) is 0 Å². The molecule has 182 valence electrons. The molecule has 2 aromatic carbocycles. The maximum absolute atomic E-state index is 14.6. The second kappa shape index (κ2) is 11.7. The minimum Gasteiger partial charge on any atom is -0.435 e. The third kappa shape index (κ3) is 6.14. The molecule has 1 aromatic heterocycles. The van der Waals surface area contributed by atoms with Crippen molar-refractivity contribution in [2.24, 2.45) is 0 Å². The molecule has 0 aliphatic heterocycles. The lowest BCUT2D eigenvalue weighted by Crippen LogP contribution is -2.44. The molecule has 0 bridgehead atoms. The maximum Gasteiger partial charge on any atom is 0.317 e. The Hall–Kier alpha value is -3.39. The van der Waals surface area contributed by atoms with E-state index in [-0.39, 0.29) is 30.3 Å². The minimum absolute atomic E-state index is 0.0247. The summed E-state index contributed by atoms with van der Waals surface area (Å²) in [5.41, 5.74) is 2.27. The largest absolute Gasteiger partial charge is 0.435 e. The molecule has 0 spiro atoms. The van der Waals surface area contributed by atoms with E-state index in [0.717, 1.165) is 16.9 Å². The number of ether oxygens (including phenoxy) is 2. The average molecular weight is 469 g/mol. The molecular weight excluding hydrogens is 435 g/mol. The molecule has 0 unspecified atom stereocenters. The van der Waals surface area contributed by atoms with Crippen LogP contribution >= 0.6 is 0 Å². The van der Waals surface area contributed by atoms with Crippen molar-refractivity contribution < 1.29 is 18.7 Å². The number of urea groups is 1. The number of methoxy groups -OCH3 is 1. The Kier molecular flexibility index (Phi) is 8.65. The number of nitrogens with zero attached hydrogens (tertiary/aromatic N) is 3. The van der Waals surface area contributed by atoms with Gasteiger partial charge in [0.15, 0.2) is 11.6 Å². The van der Waals surface area contributed by atoms with Gasteiger partial charge in [0, 0.05) is 19.7 Å². The number of hydrogen-bond acceptors (Lipinski definition) is 4. The Balaban J connectivity index is 2.13. The van der Waals surface area contributed by atoms with Gasteiger partial charge in [-0.3, -0.25) is 0 Å². The van der Waals surface area contributed by atoms with Crippen molar-refractivity contribution >= 4 is 6.03 Å². The number of carbonyl (C=O) groups is 1. The Bertz CT molecular complexity index is 1080. The Morgan fingerprint density at radius 3 is 2.38 bits per heavy atom. The first-order valence-electron chi connectivity index (χ1n) is 11.5. The summed E-state index contributed by atoms with van der Waals surface area (Å²) in [5, 5.41) is 7.78. The molecule has 8 heteroatoms. The number of para-hydroxylation sites is 2. The zero-order valence-corrected chi connectivity index (χ0v) is 20.4. The highest BCUT2D eigenvalue weighted by molar-refractivity contribution is 5.74. The molecule has 3 aromatic rings. The van der Waals surface area contributed by atoms with Crippen LogP contribution in [0.5, 0.6) is 11.6 Å². The molecule has 2 amide bonds. The first-order valence-corrected chi connectivity index (χ1v) is 11.5. The van der Waals surface area contributed by atoms with Gasteiger partial charge in [-0.25, -0.2) is 13.9 Å². The zero-order valence-electron chi connectivity index (χ0n) is 20.4. The lowest BCUT2D eigenvalue weighted by atomic mass is 10.1. The molecule has 3 rings (SSSR count). The Morgan fingerprint density at radius 1 is 1.09 bits per heavy atom. The molecule has 0 fully saturated rings. The Morgan fingerprint density at radius 2 is 1.76 bits per heavy atom. The molecule has 1 N–H and O–H groups in total. The minimum atomic E-state index is -0.478. The van der Waals surface area contributed by atoms with Crippen LogP contribution in [0.2, 0.25) is 0 Å². The summed E-state index contributed by atoms with van der Waals surface area (Å²) in [7, 11) is 1.60. The smallest absolute Gasteiger partial charge is 0.317 e. The van der Waals surface area contributed by atoms with Crippen molar-refractivity contribution in [2.45, 2.75) is 46.2 Å². The van der Waals surface area contributed by atoms with Crippen molar-refractivity contribution in [2.75, 3.05) is 20.3 Å². The molecule has 7 nitrogen and oxygen atoms in total. The van der Waals surface area contributed by atoms with Gasteiger partial charge in [0.1, 0.15) is 0 Å². The summed E-state index contributed by atoms with van der Waals surface area (Å²) in [4.78, 5) is 14.6. The highest BCUT2D eigenvalue weighted by Gasteiger charge is 2.27. The molecule has 0 saturated heterocycles. The van der Waals surface area contributed by atoms with Crippen LogP contribution in [-0.4, -0.2) is 47.0 Å². The molecule has 0 atom stereocenters. The summed E-state index contributed by atoms with van der Waals surface area (Å²) in [6.45, 7) is 8.86. The van der Waals surface area contributed by atoms with Crippen molar-refractivity contribution in [3.8, 4) is 17.3 Å². The van der Waals surface area contributed by atoms with Crippen LogP contribution in [0.15, 0.2) is 54.6 Å². The van der Waals surface area contributed by atoms with Gasteiger partial charge in [0.05, 0.1) is 30.1 Å².